The van der Waals surface area contributed by atoms with Crippen LogP contribution in [0.25, 0.3) is 0 Å². The van der Waals surface area contributed by atoms with E-state index in [0.717, 1.165) is 30.0 Å². The molecule has 0 radical (unpaired) electrons. The summed E-state index contributed by atoms with van der Waals surface area (Å²) in [4.78, 5) is 36.9. The molecule has 25 heavy (non-hydrogen) atoms. The van der Waals surface area contributed by atoms with Crippen LogP contribution in [0.1, 0.15) is 46.9 Å². The van der Waals surface area contributed by atoms with Crippen molar-refractivity contribution in [2.24, 2.45) is 0 Å². The van der Waals surface area contributed by atoms with Crippen LogP contribution in [0.4, 0.5) is 0 Å². The summed E-state index contributed by atoms with van der Waals surface area (Å²) in [6.07, 6.45) is 5.68. The molecule has 6 nitrogen and oxygen atoms in total. The smallest absolute Gasteiger partial charge is 0.228 e. The van der Waals surface area contributed by atoms with Crippen LogP contribution in [0.5, 0.6) is 0 Å². The van der Waals surface area contributed by atoms with Gasteiger partial charge in [0.15, 0.2) is 0 Å². The lowest BCUT2D eigenvalue weighted by atomic mass is 10.1. The molecule has 2 aromatic heterocycles. The van der Waals surface area contributed by atoms with Crippen molar-refractivity contribution < 1.29 is 9.59 Å². The average molecular weight is 358 g/mol. The van der Waals surface area contributed by atoms with E-state index in [1.54, 1.807) is 23.7 Å². The van der Waals surface area contributed by atoms with E-state index in [4.69, 9.17) is 0 Å². The van der Waals surface area contributed by atoms with Crippen molar-refractivity contribution in [2.75, 3.05) is 6.54 Å². The maximum atomic E-state index is 12.7. The number of carbonyl (C=O) groups is 2. The van der Waals surface area contributed by atoms with E-state index in [1.165, 1.54) is 11.8 Å². The predicted molar refractivity (Wildman–Crippen MR) is 96.0 cm³/mol. The second kappa shape index (κ2) is 7.74. The van der Waals surface area contributed by atoms with E-state index in [0.29, 0.717) is 18.7 Å². The number of likely N-dealkylation sites (tertiary alicyclic amines) is 1. The largest absolute Gasteiger partial charge is 0.351 e. The molecule has 0 aromatic carbocycles. The molecule has 1 N–H and O–H groups in total. The van der Waals surface area contributed by atoms with Gasteiger partial charge in [0.05, 0.1) is 42.8 Å². The molecule has 1 fully saturated rings. The van der Waals surface area contributed by atoms with Gasteiger partial charge in [-0.15, -0.1) is 11.3 Å². The Balaban J connectivity index is 1.71. The molecule has 1 aliphatic heterocycles. The zero-order valence-corrected chi connectivity index (χ0v) is 15.3. The van der Waals surface area contributed by atoms with Crippen molar-refractivity contribution in [3.05, 3.63) is 45.7 Å². The highest BCUT2D eigenvalue weighted by molar-refractivity contribution is 7.12. The first-order valence-corrected chi connectivity index (χ1v) is 9.24. The summed E-state index contributed by atoms with van der Waals surface area (Å²) in [6, 6.07) is 4.04. The highest BCUT2D eigenvalue weighted by Crippen LogP contribution is 2.31. The molecular weight excluding hydrogens is 336 g/mol. The average Bonchev–Trinajstić information content (AvgIpc) is 3.22. The first-order chi connectivity index (χ1) is 12.0. The zero-order valence-electron chi connectivity index (χ0n) is 14.5. The third kappa shape index (κ3) is 4.42. The number of nitrogens with one attached hydrogen (secondary N) is 1. The van der Waals surface area contributed by atoms with Gasteiger partial charge in [0.2, 0.25) is 11.8 Å². The van der Waals surface area contributed by atoms with Gasteiger partial charge in [0, 0.05) is 23.2 Å². The number of aryl methyl sites for hydroxylation is 1. The molecule has 1 aliphatic rings. The number of amides is 2. The summed E-state index contributed by atoms with van der Waals surface area (Å²) in [5.74, 6) is 0.0366. The number of hydrogen-bond donors (Lipinski definition) is 1. The van der Waals surface area contributed by atoms with Crippen molar-refractivity contribution in [1.29, 1.82) is 0 Å². The minimum absolute atomic E-state index is 0.0293. The minimum atomic E-state index is -0.101. The lowest BCUT2D eigenvalue weighted by Gasteiger charge is -2.24. The maximum absolute atomic E-state index is 12.7. The van der Waals surface area contributed by atoms with Crippen LogP contribution >= 0.6 is 11.3 Å². The number of thiophene rings is 1. The minimum Gasteiger partial charge on any atom is -0.351 e. The summed E-state index contributed by atoms with van der Waals surface area (Å²) in [5, 5.41) is 2.73. The molecule has 7 heteroatoms. The number of hydrogen-bond acceptors (Lipinski definition) is 5. The van der Waals surface area contributed by atoms with Crippen molar-refractivity contribution >= 4 is 23.2 Å². The molecule has 1 atom stereocenters. The monoisotopic (exact) mass is 358 g/mol. The van der Waals surface area contributed by atoms with Crippen molar-refractivity contribution in [3.63, 3.8) is 0 Å². The maximum Gasteiger partial charge on any atom is 0.228 e. The van der Waals surface area contributed by atoms with E-state index in [2.05, 4.69) is 15.3 Å². The van der Waals surface area contributed by atoms with Crippen molar-refractivity contribution in [3.8, 4) is 0 Å². The molecule has 3 rings (SSSR count). The molecule has 2 amide bonds. The fraction of sp³-hybridized carbons (Fsp3) is 0.444. The normalized spacial score (nSPS) is 16.9. The van der Waals surface area contributed by atoms with Gasteiger partial charge in [-0.05, 0) is 31.9 Å². The number of aromatic nitrogens is 2. The second-order valence-electron chi connectivity index (χ2n) is 6.28. The highest BCUT2D eigenvalue weighted by Gasteiger charge is 2.31. The summed E-state index contributed by atoms with van der Waals surface area (Å²) < 4.78 is 0. The fourth-order valence-corrected chi connectivity index (χ4v) is 3.97. The molecule has 0 unspecified atom stereocenters. The van der Waals surface area contributed by atoms with Crippen LogP contribution in [0.2, 0.25) is 0 Å². The van der Waals surface area contributed by atoms with E-state index in [9.17, 15) is 9.59 Å². The lowest BCUT2D eigenvalue weighted by Crippen LogP contribution is -2.32. The van der Waals surface area contributed by atoms with Crippen LogP contribution in [0.15, 0.2) is 24.5 Å². The molecule has 0 saturated carbocycles. The van der Waals surface area contributed by atoms with Gasteiger partial charge in [-0.25, -0.2) is 0 Å². The highest BCUT2D eigenvalue weighted by atomic mass is 32.1. The predicted octanol–water partition coefficient (Wildman–Crippen LogP) is 2.39. The summed E-state index contributed by atoms with van der Waals surface area (Å²) >= 11 is 1.67. The van der Waals surface area contributed by atoms with Crippen LogP contribution in [-0.4, -0.2) is 33.2 Å². The Hall–Kier alpha value is -2.28. The standard InChI is InChI=1S/C18H22N4O2S/c1-12-5-6-15(25-12)8-18(24)22-7-3-4-17(22)16-11-19-9-14(21-16)10-20-13(2)23/h5-6,9,11,17H,3-4,7-8,10H2,1-2H3,(H,20,23)/t17-/m1/s1. The quantitative estimate of drug-likeness (QED) is 0.890. The molecular formula is C18H22N4O2S. The van der Waals surface area contributed by atoms with E-state index < -0.39 is 0 Å². The van der Waals surface area contributed by atoms with Gasteiger partial charge in [0.1, 0.15) is 0 Å². The van der Waals surface area contributed by atoms with E-state index in [-0.39, 0.29) is 17.9 Å². The third-order valence-corrected chi connectivity index (χ3v) is 5.26. The second-order valence-corrected chi connectivity index (χ2v) is 7.65. The van der Waals surface area contributed by atoms with Crippen LogP contribution in [0, 0.1) is 6.92 Å². The summed E-state index contributed by atoms with van der Waals surface area (Å²) in [6.45, 7) is 4.63. The van der Waals surface area contributed by atoms with Gasteiger partial charge in [-0.1, -0.05) is 0 Å². The van der Waals surface area contributed by atoms with Crippen LogP contribution in [-0.2, 0) is 22.6 Å². The topological polar surface area (TPSA) is 75.2 Å². The van der Waals surface area contributed by atoms with Gasteiger partial charge in [0.25, 0.3) is 0 Å². The Morgan fingerprint density at radius 1 is 1.36 bits per heavy atom. The van der Waals surface area contributed by atoms with Gasteiger partial charge >= 0.3 is 0 Å². The molecule has 0 spiro atoms. The Bertz CT molecular complexity index is 774. The third-order valence-electron chi connectivity index (χ3n) is 4.26. The molecule has 0 bridgehead atoms. The van der Waals surface area contributed by atoms with E-state index in [1.807, 2.05) is 24.0 Å². The SMILES string of the molecule is CC(=O)NCc1cncc([C@H]2CCCN2C(=O)Cc2ccc(C)s2)n1. The summed E-state index contributed by atoms with van der Waals surface area (Å²) in [7, 11) is 0. The molecule has 132 valence electrons. The summed E-state index contributed by atoms with van der Waals surface area (Å²) in [5.41, 5.74) is 1.51. The van der Waals surface area contributed by atoms with Crippen molar-refractivity contribution in [2.45, 2.75) is 45.7 Å². The van der Waals surface area contributed by atoms with Crippen LogP contribution < -0.4 is 5.32 Å². The first-order valence-electron chi connectivity index (χ1n) is 8.43. The number of nitrogens with zero attached hydrogens (tertiary/aromatic N) is 3. The fourth-order valence-electron chi connectivity index (χ4n) is 3.09. The van der Waals surface area contributed by atoms with Gasteiger partial charge in [-0.2, -0.15) is 0 Å². The number of rotatable bonds is 5. The van der Waals surface area contributed by atoms with Gasteiger partial charge < -0.3 is 10.2 Å². The van der Waals surface area contributed by atoms with Gasteiger partial charge in [-0.3, -0.25) is 19.6 Å². The Morgan fingerprint density at radius 2 is 2.20 bits per heavy atom. The van der Waals surface area contributed by atoms with Crippen molar-refractivity contribution in [1.82, 2.24) is 20.2 Å². The zero-order chi connectivity index (χ0) is 17.8. The van der Waals surface area contributed by atoms with Crippen LogP contribution in [0.3, 0.4) is 0 Å². The lowest BCUT2D eigenvalue weighted by molar-refractivity contribution is -0.131. The molecule has 1 saturated heterocycles. The number of carbonyl (C=O) groups excluding carboxylic acids is 2. The van der Waals surface area contributed by atoms with E-state index >= 15 is 0 Å². The molecule has 2 aromatic rings. The Labute approximate surface area is 151 Å². The first kappa shape index (κ1) is 17.5. The molecule has 3 heterocycles. The Kier molecular flexibility index (Phi) is 5.43. The Morgan fingerprint density at radius 3 is 2.92 bits per heavy atom. The molecule has 0 aliphatic carbocycles.